The highest BCUT2D eigenvalue weighted by molar-refractivity contribution is 6.21. The van der Waals surface area contributed by atoms with E-state index in [1.165, 1.54) is 24.3 Å². The van der Waals surface area contributed by atoms with Gasteiger partial charge in [0.1, 0.15) is 11.9 Å². The number of carboxylic acids is 1. The summed E-state index contributed by atoms with van der Waals surface area (Å²) in [5.41, 5.74) is 10.4. The van der Waals surface area contributed by atoms with E-state index in [1.54, 1.807) is 56.3 Å². The van der Waals surface area contributed by atoms with Gasteiger partial charge in [-0.25, -0.2) is 9.18 Å². The molecular weight excluding hydrogens is 551 g/mol. The predicted molar refractivity (Wildman–Crippen MR) is 163 cm³/mol. The number of halogens is 1. The van der Waals surface area contributed by atoms with Crippen molar-refractivity contribution in [3.05, 3.63) is 101 Å². The Balaban J connectivity index is 1.60. The minimum absolute atomic E-state index is 0.245. The summed E-state index contributed by atoms with van der Waals surface area (Å²) in [5.74, 6) is -3.47. The van der Waals surface area contributed by atoms with E-state index in [-0.39, 0.29) is 17.0 Å². The van der Waals surface area contributed by atoms with Crippen LogP contribution in [0.25, 0.3) is 32.9 Å². The first-order valence-electron chi connectivity index (χ1n) is 13.5. The molecule has 0 aliphatic heterocycles. The fourth-order valence-corrected chi connectivity index (χ4v) is 5.18. The number of aromatic amines is 1. The van der Waals surface area contributed by atoms with E-state index >= 15 is 0 Å². The molecule has 0 spiro atoms. The number of nitrogens with two attached hydrogens (primary N) is 1. The fourth-order valence-electron chi connectivity index (χ4n) is 5.18. The first-order chi connectivity index (χ1) is 20.5. The van der Waals surface area contributed by atoms with Crippen LogP contribution in [0.3, 0.4) is 0 Å². The molecule has 5 rings (SSSR count). The zero-order valence-electron chi connectivity index (χ0n) is 23.6. The minimum atomic E-state index is -1.13. The van der Waals surface area contributed by atoms with Gasteiger partial charge in [-0.15, -0.1) is 0 Å². The second-order valence-electron chi connectivity index (χ2n) is 10.6. The lowest BCUT2D eigenvalue weighted by atomic mass is 9.93. The van der Waals surface area contributed by atoms with Crippen LogP contribution in [-0.2, 0) is 4.79 Å². The summed E-state index contributed by atoms with van der Waals surface area (Å²) < 4.78 is 13.3. The first-order valence-corrected chi connectivity index (χ1v) is 13.5. The number of carbonyl (C=O) groups excluding carboxylic acids is 3. The lowest BCUT2D eigenvalue weighted by Gasteiger charge is -2.17. The van der Waals surface area contributed by atoms with E-state index in [9.17, 15) is 28.7 Å². The van der Waals surface area contributed by atoms with Crippen molar-refractivity contribution in [2.24, 2.45) is 11.7 Å². The van der Waals surface area contributed by atoms with Gasteiger partial charge in [-0.3, -0.25) is 14.4 Å². The second kappa shape index (κ2) is 11.4. The Hall–Kier alpha value is -5.51. The van der Waals surface area contributed by atoms with Gasteiger partial charge < -0.3 is 26.5 Å². The molecule has 9 nitrogen and oxygen atoms in total. The van der Waals surface area contributed by atoms with Gasteiger partial charge in [-0.2, -0.15) is 0 Å². The Kier molecular flexibility index (Phi) is 7.69. The summed E-state index contributed by atoms with van der Waals surface area (Å²) in [6.07, 6.45) is 0. The van der Waals surface area contributed by atoms with Crippen molar-refractivity contribution in [3.8, 4) is 11.1 Å². The highest BCUT2D eigenvalue weighted by Gasteiger charge is 2.25. The smallest absolute Gasteiger partial charge is 0.326 e. The Morgan fingerprint density at radius 1 is 0.884 bits per heavy atom. The van der Waals surface area contributed by atoms with Crippen molar-refractivity contribution in [1.82, 2.24) is 10.3 Å². The number of carboxylic acid groups (broad SMARTS) is 1. The molecule has 4 aromatic carbocycles. The maximum Gasteiger partial charge on any atom is 0.326 e. The Labute approximate surface area is 245 Å². The van der Waals surface area contributed by atoms with Gasteiger partial charge in [0.25, 0.3) is 17.7 Å². The summed E-state index contributed by atoms with van der Waals surface area (Å²) in [7, 11) is 0. The zero-order chi connectivity index (χ0) is 31.0. The van der Waals surface area contributed by atoms with Crippen LogP contribution in [0.1, 0.15) is 50.5 Å². The van der Waals surface area contributed by atoms with Crippen LogP contribution >= 0.6 is 0 Å². The molecular formula is C33H29FN4O5. The molecule has 43 heavy (non-hydrogen) atoms. The normalized spacial score (nSPS) is 11.9. The van der Waals surface area contributed by atoms with Crippen LogP contribution in [0.4, 0.5) is 10.1 Å². The standard InChI is InChI=1S/C33H29FN4O5/c1-16(2)28(33(42)43)38-32(41)19-9-12-23-26(15-19)36-29-24(30(35)39)14-13-22(27(23)29)21-5-4-6-25(17(21)3)37-31(40)18-7-10-20(34)11-8-18/h4-16,28,36H,1-3H3,(H2,35,39)(H,37,40)(H,38,41)(H,42,43)/t28-/m0/s1. The maximum absolute atomic E-state index is 13.3. The number of rotatable bonds is 8. The summed E-state index contributed by atoms with van der Waals surface area (Å²) in [6.45, 7) is 5.27. The largest absolute Gasteiger partial charge is 0.480 e. The lowest BCUT2D eigenvalue weighted by Crippen LogP contribution is -2.44. The second-order valence-corrected chi connectivity index (χ2v) is 10.6. The molecule has 0 unspecified atom stereocenters. The van der Waals surface area contributed by atoms with Gasteiger partial charge in [0.15, 0.2) is 0 Å². The van der Waals surface area contributed by atoms with Crippen LogP contribution in [0.5, 0.6) is 0 Å². The van der Waals surface area contributed by atoms with Gasteiger partial charge in [0.05, 0.1) is 11.1 Å². The van der Waals surface area contributed by atoms with Crippen LogP contribution in [0, 0.1) is 18.7 Å². The quantitative estimate of drug-likeness (QED) is 0.161. The molecule has 10 heteroatoms. The molecule has 0 aliphatic carbocycles. The maximum atomic E-state index is 13.3. The number of primary amides is 1. The zero-order valence-corrected chi connectivity index (χ0v) is 23.6. The third kappa shape index (κ3) is 5.54. The van der Waals surface area contributed by atoms with E-state index in [2.05, 4.69) is 15.6 Å². The van der Waals surface area contributed by atoms with Crippen LogP contribution < -0.4 is 16.4 Å². The van der Waals surface area contributed by atoms with E-state index in [4.69, 9.17) is 5.73 Å². The molecule has 0 fully saturated rings. The summed E-state index contributed by atoms with van der Waals surface area (Å²) in [5, 5.41) is 16.3. The average molecular weight is 581 g/mol. The summed E-state index contributed by atoms with van der Waals surface area (Å²) in [4.78, 5) is 53.0. The summed E-state index contributed by atoms with van der Waals surface area (Å²) in [6, 6.07) is 18.0. The van der Waals surface area contributed by atoms with E-state index in [0.717, 1.165) is 16.7 Å². The van der Waals surface area contributed by atoms with Gasteiger partial charge in [0.2, 0.25) is 0 Å². The van der Waals surface area contributed by atoms with Crippen molar-refractivity contribution >= 4 is 51.2 Å². The molecule has 0 saturated heterocycles. The first kappa shape index (κ1) is 29.0. The lowest BCUT2D eigenvalue weighted by molar-refractivity contribution is -0.140. The number of fused-ring (bicyclic) bond motifs is 3. The molecule has 218 valence electrons. The number of anilines is 1. The highest BCUT2D eigenvalue weighted by Crippen LogP contribution is 2.39. The van der Waals surface area contributed by atoms with Gasteiger partial charge >= 0.3 is 5.97 Å². The SMILES string of the molecule is Cc1c(NC(=O)c2ccc(F)cc2)cccc1-c1ccc(C(N)=O)c2[nH]c3cc(C(=O)N[C@H](C(=O)O)C(C)C)ccc3c12. The predicted octanol–water partition coefficient (Wildman–Crippen LogP) is 5.63. The Morgan fingerprint density at radius 2 is 1.58 bits per heavy atom. The van der Waals surface area contributed by atoms with Crippen molar-refractivity contribution in [2.75, 3.05) is 5.32 Å². The number of carbonyl (C=O) groups is 4. The number of nitrogens with one attached hydrogen (secondary N) is 3. The molecule has 0 bridgehead atoms. The highest BCUT2D eigenvalue weighted by atomic mass is 19.1. The molecule has 1 atom stereocenters. The third-order valence-corrected chi connectivity index (χ3v) is 7.48. The van der Waals surface area contributed by atoms with Crippen molar-refractivity contribution in [1.29, 1.82) is 0 Å². The average Bonchev–Trinajstić information content (AvgIpc) is 3.35. The van der Waals surface area contributed by atoms with Crippen LogP contribution in [0.2, 0.25) is 0 Å². The molecule has 1 heterocycles. The number of aromatic nitrogens is 1. The fraction of sp³-hybridized carbons (Fsp3) is 0.152. The van der Waals surface area contributed by atoms with Crippen molar-refractivity contribution in [2.45, 2.75) is 26.8 Å². The van der Waals surface area contributed by atoms with E-state index in [1.807, 2.05) is 13.0 Å². The number of aliphatic carboxylic acids is 1. The number of hydrogen-bond donors (Lipinski definition) is 5. The molecule has 0 radical (unpaired) electrons. The van der Waals surface area contributed by atoms with Crippen molar-refractivity contribution < 1.29 is 28.7 Å². The van der Waals surface area contributed by atoms with Gasteiger partial charge in [-0.05, 0) is 78.1 Å². The number of hydrogen-bond acceptors (Lipinski definition) is 4. The topological polar surface area (TPSA) is 154 Å². The number of H-pyrrole nitrogens is 1. The number of amides is 3. The minimum Gasteiger partial charge on any atom is -0.480 e. The van der Waals surface area contributed by atoms with Crippen LogP contribution in [0.15, 0.2) is 72.8 Å². The molecule has 0 saturated carbocycles. The third-order valence-electron chi connectivity index (χ3n) is 7.48. The Bertz CT molecular complexity index is 1930. The molecule has 5 aromatic rings. The number of benzene rings is 4. The monoisotopic (exact) mass is 580 g/mol. The summed E-state index contributed by atoms with van der Waals surface area (Å²) >= 11 is 0. The molecule has 6 N–H and O–H groups in total. The van der Waals surface area contributed by atoms with Crippen LogP contribution in [-0.4, -0.2) is 39.8 Å². The van der Waals surface area contributed by atoms with Gasteiger partial charge in [0, 0.05) is 33.1 Å². The van der Waals surface area contributed by atoms with E-state index in [0.29, 0.717) is 33.1 Å². The molecule has 0 aliphatic rings. The van der Waals surface area contributed by atoms with Gasteiger partial charge in [-0.1, -0.05) is 38.1 Å². The Morgan fingerprint density at radius 3 is 2.23 bits per heavy atom. The van der Waals surface area contributed by atoms with Crippen molar-refractivity contribution in [3.63, 3.8) is 0 Å². The molecule has 1 aromatic heterocycles. The molecule has 3 amide bonds. The van der Waals surface area contributed by atoms with E-state index < -0.39 is 35.5 Å².